The van der Waals surface area contributed by atoms with Gasteiger partial charge in [0.05, 0.1) is 13.7 Å². The second kappa shape index (κ2) is 10.4. The van der Waals surface area contributed by atoms with Crippen LogP contribution in [0.4, 0.5) is 0 Å². The SMILES string of the molecule is CCOCCOc1cc(C(=O)N(CC2CCNC2)C(C)C)ccc1OC. The Morgan fingerprint density at radius 3 is 2.73 bits per heavy atom. The lowest BCUT2D eigenvalue weighted by Gasteiger charge is -2.29. The summed E-state index contributed by atoms with van der Waals surface area (Å²) in [6, 6.07) is 5.51. The summed E-state index contributed by atoms with van der Waals surface area (Å²) in [6.07, 6.45) is 1.12. The first kappa shape index (κ1) is 20.5. The van der Waals surface area contributed by atoms with Crippen LogP contribution in [0.2, 0.25) is 0 Å². The fourth-order valence-corrected chi connectivity index (χ4v) is 3.12. The topological polar surface area (TPSA) is 60.0 Å². The van der Waals surface area contributed by atoms with Gasteiger partial charge in [-0.15, -0.1) is 0 Å². The summed E-state index contributed by atoms with van der Waals surface area (Å²) in [7, 11) is 1.60. The zero-order valence-electron chi connectivity index (χ0n) is 16.4. The van der Waals surface area contributed by atoms with Crippen molar-refractivity contribution in [3.63, 3.8) is 0 Å². The van der Waals surface area contributed by atoms with Gasteiger partial charge in [-0.1, -0.05) is 0 Å². The van der Waals surface area contributed by atoms with Crippen molar-refractivity contribution in [1.29, 1.82) is 0 Å². The monoisotopic (exact) mass is 364 g/mol. The maximum Gasteiger partial charge on any atom is 0.254 e. The van der Waals surface area contributed by atoms with Crippen LogP contribution in [-0.2, 0) is 4.74 Å². The molecule has 0 radical (unpaired) electrons. The van der Waals surface area contributed by atoms with Gasteiger partial charge in [0, 0.05) is 24.8 Å². The van der Waals surface area contributed by atoms with Crippen LogP contribution in [0, 0.1) is 5.92 Å². The summed E-state index contributed by atoms with van der Waals surface area (Å²) in [5, 5.41) is 3.37. The Kier molecular flexibility index (Phi) is 8.19. The molecule has 1 saturated heterocycles. The number of ether oxygens (including phenoxy) is 3. The van der Waals surface area contributed by atoms with Crippen LogP contribution in [-0.4, -0.2) is 63.4 Å². The number of benzene rings is 1. The van der Waals surface area contributed by atoms with Crippen LogP contribution >= 0.6 is 0 Å². The maximum atomic E-state index is 13.1. The molecule has 0 aliphatic carbocycles. The molecule has 1 atom stereocenters. The van der Waals surface area contributed by atoms with E-state index < -0.39 is 0 Å². The lowest BCUT2D eigenvalue weighted by molar-refractivity contribution is 0.0676. The van der Waals surface area contributed by atoms with E-state index in [9.17, 15) is 4.79 Å². The van der Waals surface area contributed by atoms with E-state index in [0.29, 0.717) is 42.8 Å². The molecule has 1 unspecified atom stereocenters. The Labute approximate surface area is 156 Å². The molecule has 1 amide bonds. The molecule has 1 aromatic carbocycles. The molecule has 0 aromatic heterocycles. The predicted molar refractivity (Wildman–Crippen MR) is 102 cm³/mol. The molecular formula is C20H32N2O4. The van der Waals surface area contributed by atoms with E-state index in [1.165, 1.54) is 0 Å². The van der Waals surface area contributed by atoms with Crippen LogP contribution in [0.5, 0.6) is 11.5 Å². The van der Waals surface area contributed by atoms with Gasteiger partial charge in [0.25, 0.3) is 5.91 Å². The summed E-state index contributed by atoms with van der Waals surface area (Å²) in [4.78, 5) is 15.0. The fourth-order valence-electron chi connectivity index (χ4n) is 3.12. The highest BCUT2D eigenvalue weighted by Crippen LogP contribution is 2.29. The van der Waals surface area contributed by atoms with Crippen LogP contribution < -0.4 is 14.8 Å². The number of carbonyl (C=O) groups is 1. The fraction of sp³-hybridized carbons (Fsp3) is 0.650. The van der Waals surface area contributed by atoms with E-state index in [-0.39, 0.29) is 11.9 Å². The summed E-state index contributed by atoms with van der Waals surface area (Å²) >= 11 is 0. The van der Waals surface area contributed by atoms with Gasteiger partial charge in [-0.05, 0) is 64.4 Å². The second-order valence-corrected chi connectivity index (χ2v) is 6.82. The number of carbonyl (C=O) groups excluding carboxylic acids is 1. The zero-order chi connectivity index (χ0) is 18.9. The average Bonchev–Trinajstić information content (AvgIpc) is 3.15. The molecule has 1 heterocycles. The summed E-state index contributed by atoms with van der Waals surface area (Å²) in [5.41, 5.74) is 0.622. The van der Waals surface area contributed by atoms with Crippen molar-refractivity contribution in [2.45, 2.75) is 33.2 Å². The van der Waals surface area contributed by atoms with Crippen molar-refractivity contribution in [3.05, 3.63) is 23.8 Å². The van der Waals surface area contributed by atoms with Gasteiger partial charge in [-0.25, -0.2) is 0 Å². The highest BCUT2D eigenvalue weighted by Gasteiger charge is 2.25. The minimum Gasteiger partial charge on any atom is -0.493 e. The molecule has 6 nitrogen and oxygen atoms in total. The summed E-state index contributed by atoms with van der Waals surface area (Å²) < 4.78 is 16.4. The Bertz CT molecular complexity index is 571. The molecule has 0 bridgehead atoms. The molecule has 1 aliphatic rings. The number of amides is 1. The highest BCUT2D eigenvalue weighted by molar-refractivity contribution is 5.95. The standard InChI is InChI=1S/C20H32N2O4/c1-5-25-10-11-26-19-12-17(6-7-18(19)24-4)20(23)22(15(2)3)14-16-8-9-21-13-16/h6-7,12,15-16,21H,5,8-11,13-14H2,1-4H3. The molecular weight excluding hydrogens is 332 g/mol. The van der Waals surface area contributed by atoms with Crippen LogP contribution in [0.15, 0.2) is 18.2 Å². The third-order valence-corrected chi connectivity index (χ3v) is 4.60. The molecule has 1 fully saturated rings. The van der Waals surface area contributed by atoms with Crippen molar-refractivity contribution >= 4 is 5.91 Å². The zero-order valence-corrected chi connectivity index (χ0v) is 16.4. The third-order valence-electron chi connectivity index (χ3n) is 4.60. The number of nitrogens with zero attached hydrogens (tertiary/aromatic N) is 1. The van der Waals surface area contributed by atoms with E-state index >= 15 is 0 Å². The molecule has 1 aliphatic heterocycles. The van der Waals surface area contributed by atoms with Gasteiger partial charge in [0.2, 0.25) is 0 Å². The van der Waals surface area contributed by atoms with Crippen molar-refractivity contribution < 1.29 is 19.0 Å². The summed E-state index contributed by atoms with van der Waals surface area (Å²) in [5.74, 6) is 1.74. The van der Waals surface area contributed by atoms with E-state index in [1.807, 2.05) is 11.8 Å². The minimum atomic E-state index is 0.0317. The van der Waals surface area contributed by atoms with Crippen LogP contribution in [0.25, 0.3) is 0 Å². The van der Waals surface area contributed by atoms with Crippen molar-refractivity contribution in [2.75, 3.05) is 46.6 Å². The Balaban J connectivity index is 2.11. The molecule has 146 valence electrons. The van der Waals surface area contributed by atoms with Gasteiger partial charge in [-0.3, -0.25) is 4.79 Å². The highest BCUT2D eigenvalue weighted by atomic mass is 16.5. The van der Waals surface area contributed by atoms with Crippen molar-refractivity contribution in [1.82, 2.24) is 10.2 Å². The number of nitrogens with one attached hydrogen (secondary N) is 1. The molecule has 1 aromatic rings. The first-order valence-corrected chi connectivity index (χ1v) is 9.47. The van der Waals surface area contributed by atoms with Gasteiger partial charge < -0.3 is 24.4 Å². The van der Waals surface area contributed by atoms with Gasteiger partial charge >= 0.3 is 0 Å². The van der Waals surface area contributed by atoms with Crippen molar-refractivity contribution in [3.8, 4) is 11.5 Å². The van der Waals surface area contributed by atoms with E-state index in [1.54, 1.807) is 25.3 Å². The van der Waals surface area contributed by atoms with Gasteiger partial charge in [0.15, 0.2) is 11.5 Å². The maximum absolute atomic E-state index is 13.1. The predicted octanol–water partition coefficient (Wildman–Crippen LogP) is 2.57. The van der Waals surface area contributed by atoms with Crippen LogP contribution in [0.1, 0.15) is 37.6 Å². The lowest BCUT2D eigenvalue weighted by atomic mass is 10.1. The second-order valence-electron chi connectivity index (χ2n) is 6.82. The van der Waals surface area contributed by atoms with E-state index in [0.717, 1.165) is 26.1 Å². The Morgan fingerprint density at radius 1 is 1.31 bits per heavy atom. The number of hydrogen-bond donors (Lipinski definition) is 1. The van der Waals surface area contributed by atoms with Crippen LogP contribution in [0.3, 0.4) is 0 Å². The minimum absolute atomic E-state index is 0.0317. The normalized spacial score (nSPS) is 16.7. The number of rotatable bonds is 10. The van der Waals surface area contributed by atoms with E-state index in [2.05, 4.69) is 19.2 Å². The largest absolute Gasteiger partial charge is 0.493 e. The smallest absolute Gasteiger partial charge is 0.254 e. The quantitative estimate of drug-likeness (QED) is 0.647. The Morgan fingerprint density at radius 2 is 2.12 bits per heavy atom. The average molecular weight is 364 g/mol. The molecule has 2 rings (SSSR count). The molecule has 0 spiro atoms. The molecule has 0 saturated carbocycles. The molecule has 1 N–H and O–H groups in total. The number of methoxy groups -OCH3 is 1. The van der Waals surface area contributed by atoms with Gasteiger partial charge in [-0.2, -0.15) is 0 Å². The summed E-state index contributed by atoms with van der Waals surface area (Å²) in [6.45, 7) is 10.4. The first-order chi connectivity index (χ1) is 12.6. The Hall–Kier alpha value is -1.79. The molecule has 6 heteroatoms. The molecule has 26 heavy (non-hydrogen) atoms. The number of hydrogen-bond acceptors (Lipinski definition) is 5. The first-order valence-electron chi connectivity index (χ1n) is 9.47. The van der Waals surface area contributed by atoms with Gasteiger partial charge in [0.1, 0.15) is 6.61 Å². The third kappa shape index (κ3) is 5.61. The van der Waals surface area contributed by atoms with E-state index in [4.69, 9.17) is 14.2 Å². The lowest BCUT2D eigenvalue weighted by Crippen LogP contribution is -2.40. The van der Waals surface area contributed by atoms with Crippen molar-refractivity contribution in [2.24, 2.45) is 5.92 Å².